The van der Waals surface area contributed by atoms with Crippen LogP contribution in [0.2, 0.25) is 0 Å². The molecule has 2 aromatic heterocycles. The van der Waals surface area contributed by atoms with Crippen molar-refractivity contribution in [3.8, 4) is 22.5 Å². The minimum absolute atomic E-state index is 0.0349. The highest BCUT2D eigenvalue weighted by molar-refractivity contribution is 5.97. The molecule has 0 bridgehead atoms. The molecule has 11 heteroatoms. The van der Waals surface area contributed by atoms with E-state index in [4.69, 9.17) is 9.90 Å². The van der Waals surface area contributed by atoms with Crippen LogP contribution in [0.4, 0.5) is 13.2 Å². The molecule has 35 heavy (non-hydrogen) atoms. The topological polar surface area (TPSA) is 124 Å². The van der Waals surface area contributed by atoms with Gasteiger partial charge < -0.3 is 20.7 Å². The Morgan fingerprint density at radius 3 is 2.57 bits per heavy atom. The number of aromatic amines is 1. The fourth-order valence-electron chi connectivity index (χ4n) is 3.31. The van der Waals surface area contributed by atoms with E-state index in [1.165, 1.54) is 6.08 Å². The number of rotatable bonds is 5. The second-order valence-corrected chi connectivity index (χ2v) is 7.44. The van der Waals surface area contributed by atoms with Gasteiger partial charge in [0.1, 0.15) is 0 Å². The predicted molar refractivity (Wildman–Crippen MR) is 121 cm³/mol. The second kappa shape index (κ2) is 10.7. The number of halogens is 3. The van der Waals surface area contributed by atoms with E-state index in [1.54, 1.807) is 6.20 Å². The third-order valence-electron chi connectivity index (χ3n) is 4.99. The first-order chi connectivity index (χ1) is 16.6. The van der Waals surface area contributed by atoms with Gasteiger partial charge in [-0.05, 0) is 35.9 Å². The molecular weight excluding hydrogens is 465 g/mol. The van der Waals surface area contributed by atoms with Crippen molar-refractivity contribution in [2.24, 2.45) is 0 Å². The Kier molecular flexibility index (Phi) is 7.69. The molecule has 0 unspecified atom stereocenters. The Balaban J connectivity index is 0.000000429. The Morgan fingerprint density at radius 2 is 1.91 bits per heavy atom. The highest BCUT2D eigenvalue weighted by Crippen LogP contribution is 2.27. The maximum absolute atomic E-state index is 12.0. The number of carboxylic acids is 1. The first-order valence-corrected chi connectivity index (χ1v) is 10.3. The molecule has 4 N–H and O–H groups in total. The second-order valence-electron chi connectivity index (χ2n) is 7.44. The number of carboxylic acid groups (broad SMARTS) is 1. The first-order valence-electron chi connectivity index (χ1n) is 10.3. The zero-order valence-electron chi connectivity index (χ0n) is 18.3. The van der Waals surface area contributed by atoms with E-state index in [0.29, 0.717) is 18.7 Å². The van der Waals surface area contributed by atoms with Crippen LogP contribution < -0.4 is 10.6 Å². The summed E-state index contributed by atoms with van der Waals surface area (Å²) in [7, 11) is 0. The lowest BCUT2D eigenvalue weighted by Gasteiger charge is -2.11. The van der Waals surface area contributed by atoms with Crippen LogP contribution in [0.1, 0.15) is 21.6 Å². The van der Waals surface area contributed by atoms with Crippen LogP contribution in [0.5, 0.6) is 0 Å². The number of nitrogens with one attached hydrogen (secondary N) is 3. The molecule has 1 aromatic carbocycles. The number of pyridine rings is 1. The van der Waals surface area contributed by atoms with Gasteiger partial charge in [0.2, 0.25) is 5.91 Å². The maximum atomic E-state index is 12.0. The number of carbonyl (C=O) groups is 3. The number of benzene rings is 1. The van der Waals surface area contributed by atoms with Crippen molar-refractivity contribution in [2.45, 2.75) is 19.1 Å². The lowest BCUT2D eigenvalue weighted by Crippen LogP contribution is -2.31. The van der Waals surface area contributed by atoms with E-state index < -0.39 is 12.1 Å². The number of aromatic nitrogens is 2. The molecule has 0 fully saturated rings. The molecule has 0 aliphatic carbocycles. The summed E-state index contributed by atoms with van der Waals surface area (Å²) in [5.41, 5.74) is 6.31. The number of nitrogens with zero attached hydrogens (tertiary/aromatic N) is 1. The summed E-state index contributed by atoms with van der Waals surface area (Å²) in [4.78, 5) is 40.1. The van der Waals surface area contributed by atoms with Gasteiger partial charge in [0, 0.05) is 48.2 Å². The lowest BCUT2D eigenvalue weighted by atomic mass is 10.0. The molecular formula is C24H21F3N4O4. The van der Waals surface area contributed by atoms with E-state index >= 15 is 0 Å². The SMILES string of the molecule is C=CC(=O)NCc1cccc(-c2cc(-c3cc4c([nH]3)CCNC4=O)ccn2)c1.O=C(O)C(F)(F)F. The average molecular weight is 486 g/mol. The molecule has 182 valence electrons. The fourth-order valence-corrected chi connectivity index (χ4v) is 3.31. The number of amides is 2. The summed E-state index contributed by atoms with van der Waals surface area (Å²) in [5.74, 6) is -3.00. The summed E-state index contributed by atoms with van der Waals surface area (Å²) in [5, 5.41) is 12.8. The van der Waals surface area contributed by atoms with Crippen LogP contribution in [-0.4, -0.2) is 45.6 Å². The number of fused-ring (bicyclic) bond motifs is 1. The Labute approximate surface area is 197 Å². The molecule has 0 spiro atoms. The lowest BCUT2D eigenvalue weighted by molar-refractivity contribution is -0.192. The molecule has 3 heterocycles. The van der Waals surface area contributed by atoms with Gasteiger partial charge in [0.05, 0.1) is 11.3 Å². The van der Waals surface area contributed by atoms with Crippen molar-refractivity contribution in [3.05, 3.63) is 78.1 Å². The van der Waals surface area contributed by atoms with Crippen molar-refractivity contribution in [3.63, 3.8) is 0 Å². The molecule has 0 atom stereocenters. The third-order valence-corrected chi connectivity index (χ3v) is 4.99. The summed E-state index contributed by atoms with van der Waals surface area (Å²) in [6.07, 6.45) is -1.26. The van der Waals surface area contributed by atoms with Crippen molar-refractivity contribution in [2.75, 3.05) is 6.54 Å². The van der Waals surface area contributed by atoms with Gasteiger partial charge in [0.25, 0.3) is 5.91 Å². The predicted octanol–water partition coefficient (Wildman–Crippen LogP) is 3.47. The van der Waals surface area contributed by atoms with Gasteiger partial charge in [-0.15, -0.1) is 0 Å². The van der Waals surface area contributed by atoms with Gasteiger partial charge in [0.15, 0.2) is 0 Å². The van der Waals surface area contributed by atoms with Crippen molar-refractivity contribution < 1.29 is 32.7 Å². The van der Waals surface area contributed by atoms with E-state index in [1.807, 2.05) is 42.5 Å². The minimum Gasteiger partial charge on any atom is -0.475 e. The summed E-state index contributed by atoms with van der Waals surface area (Å²) < 4.78 is 31.7. The van der Waals surface area contributed by atoms with Crippen molar-refractivity contribution in [1.82, 2.24) is 20.6 Å². The van der Waals surface area contributed by atoms with Crippen LogP contribution in [0, 0.1) is 0 Å². The number of hydrogen-bond acceptors (Lipinski definition) is 4. The van der Waals surface area contributed by atoms with Gasteiger partial charge in [-0.3, -0.25) is 14.6 Å². The molecule has 0 saturated heterocycles. The number of hydrogen-bond donors (Lipinski definition) is 4. The van der Waals surface area contributed by atoms with E-state index in [-0.39, 0.29) is 11.8 Å². The fraction of sp³-hybridized carbons (Fsp3) is 0.167. The molecule has 1 aliphatic rings. The zero-order valence-corrected chi connectivity index (χ0v) is 18.3. The summed E-state index contributed by atoms with van der Waals surface area (Å²) in [6.45, 7) is 4.54. The Morgan fingerprint density at radius 1 is 1.17 bits per heavy atom. The highest BCUT2D eigenvalue weighted by atomic mass is 19.4. The molecule has 0 radical (unpaired) electrons. The van der Waals surface area contributed by atoms with Gasteiger partial charge in [-0.25, -0.2) is 4.79 Å². The normalized spacial score (nSPS) is 12.5. The van der Waals surface area contributed by atoms with E-state index in [2.05, 4.69) is 27.2 Å². The van der Waals surface area contributed by atoms with Crippen molar-refractivity contribution >= 4 is 17.8 Å². The maximum Gasteiger partial charge on any atom is 0.490 e. The van der Waals surface area contributed by atoms with Crippen LogP contribution in [0.3, 0.4) is 0 Å². The zero-order chi connectivity index (χ0) is 25.6. The Hall–Kier alpha value is -4.41. The van der Waals surface area contributed by atoms with E-state index in [9.17, 15) is 22.8 Å². The molecule has 1 aliphatic heterocycles. The van der Waals surface area contributed by atoms with E-state index in [0.717, 1.165) is 40.2 Å². The Bertz CT molecular complexity index is 1270. The van der Waals surface area contributed by atoms with Crippen LogP contribution in [0.15, 0.2) is 61.3 Å². The number of carbonyl (C=O) groups excluding carboxylic acids is 2. The van der Waals surface area contributed by atoms with Gasteiger partial charge in [-0.2, -0.15) is 13.2 Å². The quantitative estimate of drug-likeness (QED) is 0.411. The monoisotopic (exact) mass is 486 g/mol. The highest BCUT2D eigenvalue weighted by Gasteiger charge is 2.38. The molecule has 3 aromatic rings. The van der Waals surface area contributed by atoms with Gasteiger partial charge in [-0.1, -0.05) is 24.8 Å². The average Bonchev–Trinajstić information content (AvgIpc) is 3.28. The third kappa shape index (κ3) is 6.56. The largest absolute Gasteiger partial charge is 0.490 e. The summed E-state index contributed by atoms with van der Waals surface area (Å²) >= 11 is 0. The first kappa shape index (κ1) is 25.2. The van der Waals surface area contributed by atoms with Crippen molar-refractivity contribution in [1.29, 1.82) is 0 Å². The van der Waals surface area contributed by atoms with Crippen LogP contribution in [0.25, 0.3) is 22.5 Å². The smallest absolute Gasteiger partial charge is 0.475 e. The summed E-state index contributed by atoms with van der Waals surface area (Å²) in [6, 6.07) is 13.7. The molecule has 2 amide bonds. The minimum atomic E-state index is -5.08. The molecule has 0 saturated carbocycles. The number of alkyl halides is 3. The number of aliphatic carboxylic acids is 1. The van der Waals surface area contributed by atoms with Gasteiger partial charge >= 0.3 is 12.1 Å². The molecule has 8 nitrogen and oxygen atoms in total. The molecule has 4 rings (SSSR count). The van der Waals surface area contributed by atoms with Crippen LogP contribution in [-0.2, 0) is 22.6 Å². The standard InChI is InChI=1S/C22H20N4O2.C2HF3O2/c1-2-21(27)25-13-14-4-3-5-15(10-14)19-11-16(6-8-23-19)20-12-17-18(26-20)7-9-24-22(17)28;3-2(4,5)1(6)7/h2-6,8,10-12,26H,1,7,9,13H2,(H,24,28)(H,25,27);(H,6,7). The number of H-pyrrole nitrogens is 1. The van der Waals surface area contributed by atoms with Crippen LogP contribution >= 0.6 is 0 Å².